The van der Waals surface area contributed by atoms with Crippen molar-refractivity contribution in [3.63, 3.8) is 0 Å². The molecule has 2 rings (SSSR count). The highest BCUT2D eigenvalue weighted by Gasteiger charge is 2.41. The van der Waals surface area contributed by atoms with Crippen LogP contribution >= 0.6 is 0 Å². The molecule has 1 saturated heterocycles. The van der Waals surface area contributed by atoms with Gasteiger partial charge in [-0.3, -0.25) is 0 Å². The molecule has 1 aromatic rings. The Hall–Kier alpha value is -1.49. The molecule has 0 bridgehead atoms. The average molecular weight is 323 g/mol. The Balaban J connectivity index is 2.20. The molecule has 4 atom stereocenters. The lowest BCUT2D eigenvalue weighted by Gasteiger charge is -2.41. The predicted octanol–water partition coefficient (Wildman–Crippen LogP) is -0.587. The maximum atomic E-state index is 12.7. The highest BCUT2D eigenvalue weighted by molar-refractivity contribution is 5.32. The standard InChI is InChI=1S/C12H16F3N3O4/c1-18(6-5-22-7(4-19)10(21)9(6)20)11-16-3-2-8(17-11)12(13,14)15/h2-3,6-7,9-10,19-21H,4-5H2,1H3/t6-,7+,9+,10-/m0/s1. The van der Waals surface area contributed by atoms with Crippen LogP contribution in [0.1, 0.15) is 5.69 Å². The minimum absolute atomic E-state index is 0.0977. The van der Waals surface area contributed by atoms with E-state index in [-0.39, 0.29) is 12.6 Å². The fraction of sp³-hybridized carbons (Fsp3) is 0.667. The predicted molar refractivity (Wildman–Crippen MR) is 68.1 cm³/mol. The number of ether oxygens (including phenoxy) is 1. The van der Waals surface area contributed by atoms with Gasteiger partial charge in [0.1, 0.15) is 24.0 Å². The molecule has 0 amide bonds. The molecule has 1 aliphatic heterocycles. The second kappa shape index (κ2) is 6.32. The van der Waals surface area contributed by atoms with E-state index in [1.165, 1.54) is 11.9 Å². The van der Waals surface area contributed by atoms with Crippen LogP contribution in [0.4, 0.5) is 19.1 Å². The smallest absolute Gasteiger partial charge is 0.394 e. The van der Waals surface area contributed by atoms with Gasteiger partial charge >= 0.3 is 6.18 Å². The zero-order chi connectivity index (χ0) is 16.5. The Bertz CT molecular complexity index is 517. The lowest BCUT2D eigenvalue weighted by molar-refractivity contribution is -0.156. The number of alkyl halides is 3. The van der Waals surface area contributed by atoms with Crippen LogP contribution in [0.3, 0.4) is 0 Å². The fourth-order valence-electron chi connectivity index (χ4n) is 2.19. The number of halogens is 3. The third-order valence-electron chi connectivity index (χ3n) is 3.53. The van der Waals surface area contributed by atoms with Crippen LogP contribution in [0.25, 0.3) is 0 Å². The highest BCUT2D eigenvalue weighted by atomic mass is 19.4. The molecule has 124 valence electrons. The van der Waals surface area contributed by atoms with Crippen LogP contribution < -0.4 is 4.90 Å². The second-order valence-corrected chi connectivity index (χ2v) is 4.95. The van der Waals surface area contributed by atoms with Crippen molar-refractivity contribution in [1.82, 2.24) is 9.97 Å². The lowest BCUT2D eigenvalue weighted by atomic mass is 9.97. The van der Waals surface area contributed by atoms with E-state index < -0.39 is 42.8 Å². The molecular formula is C12H16F3N3O4. The van der Waals surface area contributed by atoms with E-state index in [0.29, 0.717) is 0 Å². The first-order valence-corrected chi connectivity index (χ1v) is 6.47. The van der Waals surface area contributed by atoms with Gasteiger partial charge in [0.2, 0.25) is 5.95 Å². The summed E-state index contributed by atoms with van der Waals surface area (Å²) in [5.41, 5.74) is -1.11. The summed E-state index contributed by atoms with van der Waals surface area (Å²) >= 11 is 0. The van der Waals surface area contributed by atoms with Crippen LogP contribution in [0.5, 0.6) is 0 Å². The molecule has 1 aliphatic rings. The number of hydrogen-bond donors (Lipinski definition) is 3. The third-order valence-corrected chi connectivity index (χ3v) is 3.53. The van der Waals surface area contributed by atoms with E-state index in [9.17, 15) is 23.4 Å². The van der Waals surface area contributed by atoms with Gasteiger partial charge in [-0.15, -0.1) is 0 Å². The van der Waals surface area contributed by atoms with Gasteiger partial charge in [-0.1, -0.05) is 0 Å². The molecule has 1 fully saturated rings. The lowest BCUT2D eigenvalue weighted by Crippen LogP contribution is -2.59. The van der Waals surface area contributed by atoms with Crippen molar-refractivity contribution in [2.45, 2.75) is 30.5 Å². The van der Waals surface area contributed by atoms with E-state index >= 15 is 0 Å². The summed E-state index contributed by atoms with van der Waals surface area (Å²) in [5.74, 6) is -0.253. The van der Waals surface area contributed by atoms with Crippen molar-refractivity contribution in [2.75, 3.05) is 25.2 Å². The Kier molecular flexibility index (Phi) is 4.85. The fourth-order valence-corrected chi connectivity index (χ4v) is 2.19. The Morgan fingerprint density at radius 3 is 2.64 bits per heavy atom. The minimum atomic E-state index is -4.61. The van der Waals surface area contributed by atoms with Crippen LogP contribution in [-0.2, 0) is 10.9 Å². The first-order valence-electron chi connectivity index (χ1n) is 6.47. The van der Waals surface area contributed by atoms with Crippen molar-refractivity contribution in [1.29, 1.82) is 0 Å². The molecule has 0 spiro atoms. The molecule has 0 aliphatic carbocycles. The van der Waals surface area contributed by atoms with Gasteiger partial charge < -0.3 is 25.0 Å². The van der Waals surface area contributed by atoms with Crippen molar-refractivity contribution >= 4 is 5.95 Å². The summed E-state index contributed by atoms with van der Waals surface area (Å²) in [6.45, 7) is -0.575. The third kappa shape index (κ3) is 3.29. The molecular weight excluding hydrogens is 307 g/mol. The van der Waals surface area contributed by atoms with E-state index in [4.69, 9.17) is 9.84 Å². The number of hydrogen-bond acceptors (Lipinski definition) is 7. The Morgan fingerprint density at radius 1 is 1.36 bits per heavy atom. The van der Waals surface area contributed by atoms with Crippen molar-refractivity contribution in [3.05, 3.63) is 18.0 Å². The van der Waals surface area contributed by atoms with Gasteiger partial charge in [0, 0.05) is 13.2 Å². The summed E-state index contributed by atoms with van der Waals surface area (Å²) in [6, 6.07) is -0.108. The molecule has 7 nitrogen and oxygen atoms in total. The van der Waals surface area contributed by atoms with Crippen LogP contribution in [0.2, 0.25) is 0 Å². The van der Waals surface area contributed by atoms with Crippen LogP contribution in [0.15, 0.2) is 12.3 Å². The van der Waals surface area contributed by atoms with E-state index in [1.807, 2.05) is 0 Å². The van der Waals surface area contributed by atoms with Gasteiger partial charge in [0.05, 0.1) is 19.3 Å². The number of rotatable bonds is 3. The Labute approximate surface area is 124 Å². The SMILES string of the molecule is CN(c1nccc(C(F)(F)F)n1)[C@H]1CO[C@H](CO)[C@H](O)[C@@H]1O. The molecule has 22 heavy (non-hydrogen) atoms. The normalized spacial score (nSPS) is 29.4. The second-order valence-electron chi connectivity index (χ2n) is 4.95. The quantitative estimate of drug-likeness (QED) is 0.684. The molecule has 3 N–H and O–H groups in total. The van der Waals surface area contributed by atoms with Crippen LogP contribution in [0, 0.1) is 0 Å². The number of aromatic nitrogens is 2. The van der Waals surface area contributed by atoms with Gasteiger partial charge in [-0.2, -0.15) is 13.2 Å². The molecule has 1 aromatic heterocycles. The maximum absolute atomic E-state index is 12.7. The van der Waals surface area contributed by atoms with Crippen molar-refractivity contribution < 1.29 is 33.2 Å². The molecule has 10 heteroatoms. The van der Waals surface area contributed by atoms with Crippen LogP contribution in [-0.4, -0.2) is 69.9 Å². The van der Waals surface area contributed by atoms with Crippen molar-refractivity contribution in [2.24, 2.45) is 0 Å². The van der Waals surface area contributed by atoms with Crippen molar-refractivity contribution in [3.8, 4) is 0 Å². The molecule has 0 saturated carbocycles. The monoisotopic (exact) mass is 323 g/mol. The summed E-state index contributed by atoms with van der Waals surface area (Å²) in [4.78, 5) is 8.36. The number of likely N-dealkylation sites (N-methyl/N-ethyl adjacent to an activating group) is 1. The number of nitrogens with zero attached hydrogens (tertiary/aromatic N) is 3. The summed E-state index contributed by atoms with van der Waals surface area (Å²) in [6.07, 6.45) is -7.28. The maximum Gasteiger partial charge on any atom is 0.433 e. The Morgan fingerprint density at radius 2 is 2.05 bits per heavy atom. The molecule has 0 radical (unpaired) electrons. The summed E-state index contributed by atoms with van der Waals surface area (Å²) in [7, 11) is 1.39. The molecule has 0 unspecified atom stereocenters. The largest absolute Gasteiger partial charge is 0.433 e. The average Bonchev–Trinajstić information content (AvgIpc) is 2.48. The zero-order valence-corrected chi connectivity index (χ0v) is 11.6. The summed E-state index contributed by atoms with van der Waals surface area (Å²) in [5, 5.41) is 28.8. The number of aliphatic hydroxyl groups is 3. The van der Waals surface area contributed by atoms with E-state index in [1.54, 1.807) is 0 Å². The zero-order valence-electron chi connectivity index (χ0n) is 11.6. The van der Waals surface area contributed by atoms with E-state index in [0.717, 1.165) is 12.3 Å². The highest BCUT2D eigenvalue weighted by Crippen LogP contribution is 2.29. The molecule has 2 heterocycles. The summed E-state index contributed by atoms with van der Waals surface area (Å²) < 4.78 is 43.2. The number of aliphatic hydroxyl groups excluding tert-OH is 3. The van der Waals surface area contributed by atoms with Gasteiger partial charge in [0.15, 0.2) is 0 Å². The van der Waals surface area contributed by atoms with Gasteiger partial charge in [-0.05, 0) is 6.07 Å². The first-order chi connectivity index (χ1) is 10.3. The number of anilines is 1. The molecule has 0 aromatic carbocycles. The van der Waals surface area contributed by atoms with E-state index in [2.05, 4.69) is 9.97 Å². The van der Waals surface area contributed by atoms with Gasteiger partial charge in [-0.25, -0.2) is 9.97 Å². The van der Waals surface area contributed by atoms with Gasteiger partial charge in [0.25, 0.3) is 0 Å². The minimum Gasteiger partial charge on any atom is -0.394 e. The topological polar surface area (TPSA) is 98.9 Å². The first kappa shape index (κ1) is 16.9.